The minimum atomic E-state index is -4.91. The summed E-state index contributed by atoms with van der Waals surface area (Å²) in [5, 5.41) is 10.9. The zero-order chi connectivity index (χ0) is 20.6. The van der Waals surface area contributed by atoms with Crippen LogP contribution in [-0.4, -0.2) is 39.8 Å². The maximum absolute atomic E-state index is 12.9. The number of amides is 1. The van der Waals surface area contributed by atoms with Gasteiger partial charge in [-0.1, -0.05) is 13.5 Å². The van der Waals surface area contributed by atoms with Gasteiger partial charge in [-0.25, -0.2) is 4.98 Å². The number of ether oxygens (including phenoxy) is 1. The highest BCUT2D eigenvalue weighted by atomic mass is 19.4. The van der Waals surface area contributed by atoms with E-state index in [9.17, 15) is 23.1 Å². The highest BCUT2D eigenvalue weighted by Crippen LogP contribution is 2.35. The number of hydrogen-bond acceptors (Lipinski definition) is 5. The number of benzene rings is 1. The summed E-state index contributed by atoms with van der Waals surface area (Å²) in [6, 6.07) is 3.42. The molecule has 2 heterocycles. The van der Waals surface area contributed by atoms with Crippen LogP contribution in [0.3, 0.4) is 0 Å². The Morgan fingerprint density at radius 1 is 1.50 bits per heavy atom. The lowest BCUT2D eigenvalue weighted by atomic mass is 9.99. The van der Waals surface area contributed by atoms with Gasteiger partial charge in [0, 0.05) is 30.5 Å². The van der Waals surface area contributed by atoms with Gasteiger partial charge in [-0.05, 0) is 35.6 Å². The Bertz CT molecular complexity index is 930. The third kappa shape index (κ3) is 3.97. The molecule has 1 aliphatic rings. The second kappa shape index (κ2) is 7.21. The second-order valence-corrected chi connectivity index (χ2v) is 6.86. The first-order valence-corrected chi connectivity index (χ1v) is 8.68. The monoisotopic (exact) mass is 395 g/mol. The highest BCUT2D eigenvalue weighted by molar-refractivity contribution is 5.92. The number of hydrogen-bond donors (Lipinski definition) is 2. The lowest BCUT2D eigenvalue weighted by molar-refractivity contribution is -0.274. The van der Waals surface area contributed by atoms with Gasteiger partial charge in [0.1, 0.15) is 17.3 Å². The van der Waals surface area contributed by atoms with E-state index < -0.39 is 18.2 Å². The van der Waals surface area contributed by atoms with Crippen molar-refractivity contribution in [1.82, 2.24) is 9.88 Å². The highest BCUT2D eigenvalue weighted by Gasteiger charge is 2.36. The third-order valence-electron chi connectivity index (χ3n) is 4.88. The van der Waals surface area contributed by atoms with E-state index in [1.165, 1.54) is 23.2 Å². The molecule has 1 fully saturated rings. The number of halogens is 3. The van der Waals surface area contributed by atoms with E-state index in [2.05, 4.69) is 16.3 Å². The molecule has 1 saturated heterocycles. The van der Waals surface area contributed by atoms with E-state index in [1.54, 1.807) is 13.0 Å². The van der Waals surface area contributed by atoms with Gasteiger partial charge in [-0.2, -0.15) is 0 Å². The molecule has 2 atom stereocenters. The van der Waals surface area contributed by atoms with E-state index in [4.69, 9.17) is 5.73 Å². The number of nitrogen functional groups attached to an aromatic ring is 1. The Kier molecular flexibility index (Phi) is 5.10. The molecule has 0 saturated carbocycles. The fraction of sp³-hybridized carbons (Fsp3) is 0.368. The van der Waals surface area contributed by atoms with Crippen LogP contribution in [-0.2, 0) is 11.2 Å². The van der Waals surface area contributed by atoms with Crippen molar-refractivity contribution in [3.05, 3.63) is 42.3 Å². The molecule has 1 aromatic heterocycles. The number of carbonyl (C=O) groups excluding carboxylic acids is 1. The van der Waals surface area contributed by atoms with Crippen LogP contribution >= 0.6 is 0 Å². The number of pyridine rings is 1. The zero-order valence-electron chi connectivity index (χ0n) is 15.2. The molecule has 0 radical (unpaired) electrons. The number of carbonyl (C=O) groups is 1. The molecule has 6 nitrogen and oxygen atoms in total. The van der Waals surface area contributed by atoms with Gasteiger partial charge in [0.05, 0.1) is 6.04 Å². The van der Waals surface area contributed by atoms with Crippen LogP contribution in [0.15, 0.2) is 36.7 Å². The van der Waals surface area contributed by atoms with Gasteiger partial charge < -0.3 is 20.5 Å². The maximum Gasteiger partial charge on any atom is 0.573 e. The third-order valence-corrected chi connectivity index (χ3v) is 4.88. The average Bonchev–Trinajstić information content (AvgIpc) is 2.91. The Morgan fingerprint density at radius 2 is 2.21 bits per heavy atom. The SMILES string of the molecule is C=C(O)[C@@H](Cc1cc2ccnc(N)c2cc1OC(F)(F)F)N1CC[C@H](C)C1=O. The molecule has 0 aliphatic carbocycles. The van der Waals surface area contributed by atoms with E-state index in [-0.39, 0.29) is 35.4 Å². The van der Waals surface area contributed by atoms with Crippen molar-refractivity contribution in [2.45, 2.75) is 32.2 Å². The van der Waals surface area contributed by atoms with Gasteiger partial charge in [0.2, 0.25) is 5.91 Å². The zero-order valence-corrected chi connectivity index (χ0v) is 15.2. The predicted octanol–water partition coefficient (Wildman–Crippen LogP) is 3.57. The molecular formula is C19H20F3N3O3. The van der Waals surface area contributed by atoms with Crippen molar-refractivity contribution < 1.29 is 27.8 Å². The molecule has 2 aromatic rings. The van der Waals surface area contributed by atoms with E-state index in [0.717, 1.165) is 0 Å². The Labute approximate surface area is 159 Å². The van der Waals surface area contributed by atoms with Crippen molar-refractivity contribution in [3.63, 3.8) is 0 Å². The number of aromatic nitrogens is 1. The summed E-state index contributed by atoms with van der Waals surface area (Å²) in [6.45, 7) is 5.67. The minimum Gasteiger partial charge on any atom is -0.511 e. The molecule has 9 heteroatoms. The van der Waals surface area contributed by atoms with Crippen LogP contribution in [0.1, 0.15) is 18.9 Å². The van der Waals surface area contributed by atoms with E-state index in [0.29, 0.717) is 23.7 Å². The fourth-order valence-electron chi connectivity index (χ4n) is 3.43. The summed E-state index contributed by atoms with van der Waals surface area (Å²) in [5.41, 5.74) is 5.94. The molecule has 1 aromatic carbocycles. The molecule has 1 aliphatic heterocycles. The molecule has 28 heavy (non-hydrogen) atoms. The van der Waals surface area contributed by atoms with Crippen LogP contribution < -0.4 is 10.5 Å². The number of aliphatic hydroxyl groups excluding tert-OH is 1. The number of likely N-dealkylation sites (tertiary alicyclic amines) is 1. The van der Waals surface area contributed by atoms with Gasteiger partial charge >= 0.3 is 6.36 Å². The number of nitrogens with two attached hydrogens (primary N) is 1. The number of nitrogens with zero attached hydrogens (tertiary/aromatic N) is 2. The van der Waals surface area contributed by atoms with E-state index >= 15 is 0 Å². The lowest BCUT2D eigenvalue weighted by Gasteiger charge is -2.28. The molecule has 0 bridgehead atoms. The largest absolute Gasteiger partial charge is 0.573 e. The Morgan fingerprint density at radius 3 is 2.79 bits per heavy atom. The number of rotatable bonds is 5. The van der Waals surface area contributed by atoms with Crippen LogP contribution in [0.25, 0.3) is 10.8 Å². The first kappa shape index (κ1) is 19.8. The molecular weight excluding hydrogens is 375 g/mol. The average molecular weight is 395 g/mol. The standard InChI is InChI=1S/C19H20F3N3O3/c1-10-4-6-25(18(10)27)15(11(2)26)8-13-7-12-3-5-24-17(23)14(12)9-16(13)28-19(20,21)22/h3,5,7,9-10,15,26H,2,4,6,8H2,1H3,(H2,23,24)/t10-,15+/m0/s1. The lowest BCUT2D eigenvalue weighted by Crippen LogP contribution is -2.40. The first-order chi connectivity index (χ1) is 13.1. The fourth-order valence-corrected chi connectivity index (χ4v) is 3.43. The van der Waals surface area contributed by atoms with Gasteiger partial charge in [-0.3, -0.25) is 4.79 Å². The van der Waals surface area contributed by atoms with Crippen LogP contribution in [0.4, 0.5) is 19.0 Å². The molecule has 3 rings (SSSR count). The number of alkyl halides is 3. The van der Waals surface area contributed by atoms with E-state index in [1.807, 2.05) is 0 Å². The summed E-state index contributed by atoms with van der Waals surface area (Å²) in [6.07, 6.45) is -2.95. The Balaban J connectivity index is 2.05. The smallest absolute Gasteiger partial charge is 0.511 e. The molecule has 3 N–H and O–H groups in total. The van der Waals surface area contributed by atoms with Crippen LogP contribution in [0.5, 0.6) is 5.75 Å². The molecule has 0 unspecified atom stereocenters. The van der Waals surface area contributed by atoms with Crippen LogP contribution in [0, 0.1) is 5.92 Å². The molecule has 0 spiro atoms. The molecule has 1 amide bonds. The second-order valence-electron chi connectivity index (χ2n) is 6.86. The summed E-state index contributed by atoms with van der Waals surface area (Å²) >= 11 is 0. The summed E-state index contributed by atoms with van der Waals surface area (Å²) in [7, 11) is 0. The maximum atomic E-state index is 12.9. The topological polar surface area (TPSA) is 88.7 Å². The van der Waals surface area contributed by atoms with Gasteiger partial charge in [0.15, 0.2) is 0 Å². The van der Waals surface area contributed by atoms with Crippen molar-refractivity contribution >= 4 is 22.5 Å². The number of fused-ring (bicyclic) bond motifs is 1. The van der Waals surface area contributed by atoms with Crippen molar-refractivity contribution in [3.8, 4) is 5.75 Å². The Hall–Kier alpha value is -2.97. The number of anilines is 1. The van der Waals surface area contributed by atoms with Crippen LogP contribution in [0.2, 0.25) is 0 Å². The van der Waals surface area contributed by atoms with Gasteiger partial charge in [-0.15, -0.1) is 13.2 Å². The van der Waals surface area contributed by atoms with Crippen molar-refractivity contribution in [2.24, 2.45) is 5.92 Å². The number of aliphatic hydroxyl groups is 1. The first-order valence-electron chi connectivity index (χ1n) is 8.68. The normalized spacial score (nSPS) is 18.5. The summed E-state index contributed by atoms with van der Waals surface area (Å²) < 4.78 is 43.0. The van der Waals surface area contributed by atoms with Gasteiger partial charge in [0.25, 0.3) is 0 Å². The quantitative estimate of drug-likeness (QED) is 0.756. The van der Waals surface area contributed by atoms with Crippen molar-refractivity contribution in [1.29, 1.82) is 0 Å². The predicted molar refractivity (Wildman–Crippen MR) is 97.6 cm³/mol. The summed E-state index contributed by atoms with van der Waals surface area (Å²) in [4.78, 5) is 17.7. The minimum absolute atomic E-state index is 0.0720. The summed E-state index contributed by atoms with van der Waals surface area (Å²) in [5.74, 6) is -1.06. The van der Waals surface area contributed by atoms with Crippen molar-refractivity contribution in [2.75, 3.05) is 12.3 Å². The molecule has 150 valence electrons.